The van der Waals surface area contributed by atoms with Crippen molar-refractivity contribution in [2.45, 2.75) is 20.8 Å². The van der Waals surface area contributed by atoms with E-state index in [0.29, 0.717) is 31.2 Å². The number of carbonyl (C=O) groups excluding carboxylic acids is 1. The lowest BCUT2D eigenvalue weighted by Crippen LogP contribution is -2.37. The Bertz CT molecular complexity index is 528. The van der Waals surface area contributed by atoms with Crippen LogP contribution in [-0.2, 0) is 9.47 Å². The molecule has 0 saturated carbocycles. The van der Waals surface area contributed by atoms with E-state index in [1.54, 1.807) is 0 Å². The molecule has 6 nitrogen and oxygen atoms in total. The number of esters is 1. The number of hydrogen-bond donors (Lipinski definition) is 0. The highest BCUT2D eigenvalue weighted by Gasteiger charge is 2.23. The number of aromatic nitrogens is 1. The van der Waals surface area contributed by atoms with Crippen LogP contribution in [0.5, 0.6) is 0 Å². The van der Waals surface area contributed by atoms with Gasteiger partial charge in [0.05, 0.1) is 19.8 Å². The molecule has 122 valence electrons. The maximum Gasteiger partial charge on any atom is 0.342 e. The molecule has 0 atom stereocenters. The van der Waals surface area contributed by atoms with Crippen LogP contribution in [0.4, 0.5) is 11.6 Å². The highest BCUT2D eigenvalue weighted by molar-refractivity contribution is 5.97. The van der Waals surface area contributed by atoms with E-state index >= 15 is 0 Å². The summed E-state index contributed by atoms with van der Waals surface area (Å²) < 4.78 is 10.6. The van der Waals surface area contributed by atoms with E-state index in [1.165, 1.54) is 0 Å². The Hall–Kier alpha value is -1.82. The van der Waals surface area contributed by atoms with Gasteiger partial charge in [0, 0.05) is 26.7 Å². The molecule has 0 N–H and O–H groups in total. The third-order valence-corrected chi connectivity index (χ3v) is 3.83. The average Bonchev–Trinajstić information content (AvgIpc) is 2.54. The summed E-state index contributed by atoms with van der Waals surface area (Å²) in [7, 11) is 1.94. The van der Waals surface area contributed by atoms with Gasteiger partial charge in [-0.1, -0.05) is 0 Å². The third kappa shape index (κ3) is 3.50. The van der Waals surface area contributed by atoms with E-state index in [-0.39, 0.29) is 5.97 Å². The largest absolute Gasteiger partial charge is 0.462 e. The summed E-state index contributed by atoms with van der Waals surface area (Å²) in [6.45, 7) is 9.97. The first-order valence-electron chi connectivity index (χ1n) is 7.81. The zero-order valence-electron chi connectivity index (χ0n) is 13.9. The van der Waals surface area contributed by atoms with E-state index in [1.807, 2.05) is 38.8 Å². The van der Waals surface area contributed by atoms with Crippen LogP contribution in [0, 0.1) is 6.92 Å². The van der Waals surface area contributed by atoms with Crippen molar-refractivity contribution < 1.29 is 14.3 Å². The molecule has 1 fully saturated rings. The predicted octanol–water partition coefficient (Wildman–Crippen LogP) is 1.86. The monoisotopic (exact) mass is 307 g/mol. The quantitative estimate of drug-likeness (QED) is 0.774. The van der Waals surface area contributed by atoms with Gasteiger partial charge in [-0.15, -0.1) is 0 Å². The number of anilines is 2. The Labute approximate surface area is 132 Å². The molecule has 1 aliphatic heterocycles. The minimum atomic E-state index is -0.309. The van der Waals surface area contributed by atoms with Gasteiger partial charge >= 0.3 is 5.97 Å². The Balaban J connectivity index is 2.43. The van der Waals surface area contributed by atoms with E-state index in [2.05, 4.69) is 4.90 Å². The molecule has 0 unspecified atom stereocenters. The fourth-order valence-corrected chi connectivity index (χ4v) is 2.47. The molecule has 1 aromatic rings. The van der Waals surface area contributed by atoms with Gasteiger partial charge in [-0.2, -0.15) is 0 Å². The average molecular weight is 307 g/mol. The van der Waals surface area contributed by atoms with Crippen molar-refractivity contribution in [2.75, 3.05) is 56.3 Å². The normalized spacial score (nSPS) is 14.8. The van der Waals surface area contributed by atoms with Crippen LogP contribution in [-0.4, -0.2) is 57.5 Å². The second-order valence-electron chi connectivity index (χ2n) is 5.33. The molecule has 2 heterocycles. The smallest absolute Gasteiger partial charge is 0.342 e. The van der Waals surface area contributed by atoms with Gasteiger partial charge in [0.15, 0.2) is 0 Å². The van der Waals surface area contributed by atoms with E-state index < -0.39 is 0 Å². The van der Waals surface area contributed by atoms with Crippen LogP contribution < -0.4 is 9.80 Å². The van der Waals surface area contributed by atoms with Crippen molar-refractivity contribution in [3.8, 4) is 0 Å². The fourth-order valence-electron chi connectivity index (χ4n) is 2.47. The molecular weight excluding hydrogens is 282 g/mol. The number of aryl methyl sites for hydroxylation is 1. The maximum absolute atomic E-state index is 12.3. The lowest BCUT2D eigenvalue weighted by molar-refractivity contribution is 0.0526. The number of pyridine rings is 1. The topological polar surface area (TPSA) is 54.9 Å². The minimum absolute atomic E-state index is 0.309. The summed E-state index contributed by atoms with van der Waals surface area (Å²) in [5.74, 6) is 1.27. The first-order chi connectivity index (χ1) is 10.6. The van der Waals surface area contributed by atoms with Gasteiger partial charge in [-0.3, -0.25) is 0 Å². The first kappa shape index (κ1) is 16.5. The molecule has 2 rings (SSSR count). The molecule has 22 heavy (non-hydrogen) atoms. The number of hydrogen-bond acceptors (Lipinski definition) is 6. The molecule has 0 aromatic carbocycles. The molecule has 0 amide bonds. The van der Waals surface area contributed by atoms with Crippen LogP contribution in [0.25, 0.3) is 0 Å². The Morgan fingerprint density at radius 2 is 2.09 bits per heavy atom. The summed E-state index contributed by atoms with van der Waals surface area (Å²) in [5.41, 5.74) is 1.45. The molecule has 0 bridgehead atoms. The molecule has 0 radical (unpaired) electrons. The second kappa shape index (κ2) is 7.45. The van der Waals surface area contributed by atoms with Crippen molar-refractivity contribution in [3.63, 3.8) is 0 Å². The number of ether oxygens (including phenoxy) is 2. The van der Waals surface area contributed by atoms with Crippen LogP contribution in [0.2, 0.25) is 0 Å². The van der Waals surface area contributed by atoms with E-state index in [0.717, 1.165) is 31.0 Å². The Morgan fingerprint density at radius 3 is 2.68 bits per heavy atom. The minimum Gasteiger partial charge on any atom is -0.462 e. The van der Waals surface area contributed by atoms with Crippen molar-refractivity contribution >= 4 is 17.6 Å². The lowest BCUT2D eigenvalue weighted by Gasteiger charge is -2.30. The molecular formula is C16H25N3O3. The molecule has 0 spiro atoms. The number of morpholine rings is 1. The van der Waals surface area contributed by atoms with Gasteiger partial charge in [-0.25, -0.2) is 9.78 Å². The highest BCUT2D eigenvalue weighted by atomic mass is 16.5. The molecule has 6 heteroatoms. The number of rotatable bonds is 5. The van der Waals surface area contributed by atoms with Crippen LogP contribution in [0.15, 0.2) is 6.07 Å². The summed E-state index contributed by atoms with van der Waals surface area (Å²) in [5, 5.41) is 0. The van der Waals surface area contributed by atoms with Gasteiger partial charge in [0.2, 0.25) is 0 Å². The van der Waals surface area contributed by atoms with Gasteiger partial charge in [0.25, 0.3) is 0 Å². The molecule has 1 aliphatic rings. The summed E-state index contributed by atoms with van der Waals surface area (Å²) in [6, 6.07) is 1.96. The van der Waals surface area contributed by atoms with Crippen LogP contribution in [0.1, 0.15) is 29.8 Å². The van der Waals surface area contributed by atoms with E-state index in [4.69, 9.17) is 14.5 Å². The second-order valence-corrected chi connectivity index (χ2v) is 5.33. The van der Waals surface area contributed by atoms with Gasteiger partial charge in [0.1, 0.15) is 17.2 Å². The van der Waals surface area contributed by atoms with Crippen molar-refractivity contribution in [2.24, 2.45) is 0 Å². The zero-order chi connectivity index (χ0) is 16.1. The number of carbonyl (C=O) groups is 1. The van der Waals surface area contributed by atoms with Gasteiger partial charge < -0.3 is 19.3 Å². The standard InChI is InChI=1S/C16H25N3O3/c1-5-18(4)15-14(16(20)22-6-2)12(3)11-13(17-15)19-7-9-21-10-8-19/h11H,5-10H2,1-4H3. The highest BCUT2D eigenvalue weighted by Crippen LogP contribution is 2.27. The van der Waals surface area contributed by atoms with Gasteiger partial charge in [-0.05, 0) is 32.4 Å². The van der Waals surface area contributed by atoms with Crippen LogP contribution in [0.3, 0.4) is 0 Å². The third-order valence-electron chi connectivity index (χ3n) is 3.83. The maximum atomic E-state index is 12.3. The zero-order valence-corrected chi connectivity index (χ0v) is 13.9. The Kier molecular flexibility index (Phi) is 5.60. The molecule has 0 aliphatic carbocycles. The molecule has 1 saturated heterocycles. The molecule has 1 aromatic heterocycles. The van der Waals surface area contributed by atoms with Crippen LogP contribution >= 0.6 is 0 Å². The fraction of sp³-hybridized carbons (Fsp3) is 0.625. The summed E-state index contributed by atoms with van der Waals surface area (Å²) >= 11 is 0. The van der Waals surface area contributed by atoms with E-state index in [9.17, 15) is 4.79 Å². The SMILES string of the molecule is CCOC(=O)c1c(C)cc(N2CCOCC2)nc1N(C)CC. The Morgan fingerprint density at radius 1 is 1.41 bits per heavy atom. The lowest BCUT2D eigenvalue weighted by atomic mass is 10.1. The van der Waals surface area contributed by atoms with Crippen molar-refractivity contribution in [3.05, 3.63) is 17.2 Å². The predicted molar refractivity (Wildman–Crippen MR) is 86.9 cm³/mol. The summed E-state index contributed by atoms with van der Waals surface area (Å²) in [4.78, 5) is 21.2. The number of nitrogens with zero attached hydrogens (tertiary/aromatic N) is 3. The van der Waals surface area contributed by atoms with Crippen molar-refractivity contribution in [1.82, 2.24) is 4.98 Å². The first-order valence-corrected chi connectivity index (χ1v) is 7.81. The van der Waals surface area contributed by atoms with Crippen molar-refractivity contribution in [1.29, 1.82) is 0 Å². The summed E-state index contributed by atoms with van der Waals surface area (Å²) in [6.07, 6.45) is 0.